The molecule has 0 bridgehead atoms. The van der Waals surface area contributed by atoms with E-state index >= 15 is 0 Å². The van der Waals surface area contributed by atoms with Crippen LogP contribution in [-0.2, 0) is 0 Å². The summed E-state index contributed by atoms with van der Waals surface area (Å²) in [6, 6.07) is 12.2. The van der Waals surface area contributed by atoms with Crippen LogP contribution in [0.4, 0.5) is 0 Å². The molecule has 25 heavy (non-hydrogen) atoms. The van der Waals surface area contributed by atoms with E-state index in [2.05, 4.69) is 26.8 Å². The quantitative estimate of drug-likeness (QED) is 0.594. The van der Waals surface area contributed by atoms with Crippen molar-refractivity contribution < 1.29 is 14.3 Å². The SMILES string of the molecule is COc1ccc2c(Cl)c(C(=O)NNC(=O)c3ccc(Br)cc3)sc2c1. The molecule has 0 radical (unpaired) electrons. The molecule has 0 aliphatic heterocycles. The van der Waals surface area contributed by atoms with Crippen LogP contribution in [0.5, 0.6) is 5.75 Å². The van der Waals surface area contributed by atoms with E-state index in [-0.39, 0.29) is 0 Å². The van der Waals surface area contributed by atoms with Crippen molar-refractivity contribution in [3.8, 4) is 5.75 Å². The molecule has 1 aromatic heterocycles. The Labute approximate surface area is 161 Å². The maximum atomic E-state index is 12.3. The van der Waals surface area contributed by atoms with Gasteiger partial charge in [0.05, 0.1) is 12.1 Å². The van der Waals surface area contributed by atoms with E-state index < -0.39 is 11.8 Å². The molecule has 0 aliphatic carbocycles. The van der Waals surface area contributed by atoms with Crippen molar-refractivity contribution in [3.63, 3.8) is 0 Å². The summed E-state index contributed by atoms with van der Waals surface area (Å²) in [4.78, 5) is 24.7. The molecule has 2 N–H and O–H groups in total. The van der Waals surface area contributed by atoms with Crippen molar-refractivity contribution in [1.82, 2.24) is 10.9 Å². The first-order chi connectivity index (χ1) is 12.0. The van der Waals surface area contributed by atoms with E-state index in [1.807, 2.05) is 6.07 Å². The molecular formula is C17H12BrClN2O3S. The zero-order chi connectivity index (χ0) is 18.0. The minimum absolute atomic E-state index is 0.320. The molecular weight excluding hydrogens is 428 g/mol. The summed E-state index contributed by atoms with van der Waals surface area (Å²) in [5, 5.41) is 1.11. The highest BCUT2D eigenvalue weighted by atomic mass is 79.9. The molecule has 8 heteroatoms. The van der Waals surface area contributed by atoms with Gasteiger partial charge in [0, 0.05) is 20.1 Å². The second kappa shape index (κ2) is 7.43. The van der Waals surface area contributed by atoms with Crippen LogP contribution in [0.25, 0.3) is 10.1 Å². The van der Waals surface area contributed by atoms with E-state index in [4.69, 9.17) is 16.3 Å². The number of fused-ring (bicyclic) bond motifs is 1. The number of benzene rings is 2. The number of carbonyl (C=O) groups is 2. The molecule has 0 saturated heterocycles. The highest BCUT2D eigenvalue weighted by molar-refractivity contribution is 9.10. The van der Waals surface area contributed by atoms with Crippen LogP contribution in [0.2, 0.25) is 5.02 Å². The minimum Gasteiger partial charge on any atom is -0.497 e. The van der Waals surface area contributed by atoms with Gasteiger partial charge < -0.3 is 4.74 Å². The van der Waals surface area contributed by atoms with E-state index in [0.29, 0.717) is 21.2 Å². The maximum absolute atomic E-state index is 12.3. The standard InChI is InChI=1S/C17H12BrClN2O3S/c1-24-11-6-7-12-13(8-11)25-15(14(12)19)17(23)21-20-16(22)9-2-4-10(18)5-3-9/h2-8H,1H3,(H,20,22)(H,21,23). The molecule has 0 spiro atoms. The smallest absolute Gasteiger partial charge is 0.281 e. The summed E-state index contributed by atoms with van der Waals surface area (Å²) < 4.78 is 6.86. The Hall–Kier alpha value is -2.09. The van der Waals surface area contributed by atoms with Crippen LogP contribution in [0.15, 0.2) is 46.9 Å². The first-order valence-corrected chi connectivity index (χ1v) is 9.10. The fourth-order valence-corrected chi connectivity index (χ4v) is 3.87. The number of hydrazine groups is 1. The third-order valence-electron chi connectivity index (χ3n) is 3.44. The fraction of sp³-hybridized carbons (Fsp3) is 0.0588. The Balaban J connectivity index is 1.74. The van der Waals surface area contributed by atoms with E-state index in [1.165, 1.54) is 11.3 Å². The number of amides is 2. The van der Waals surface area contributed by atoms with Gasteiger partial charge in [-0.3, -0.25) is 20.4 Å². The van der Waals surface area contributed by atoms with Gasteiger partial charge in [-0.2, -0.15) is 0 Å². The Morgan fingerprint density at radius 1 is 1.08 bits per heavy atom. The summed E-state index contributed by atoms with van der Waals surface area (Å²) in [6.45, 7) is 0. The van der Waals surface area contributed by atoms with Gasteiger partial charge in [-0.05, 0) is 42.5 Å². The van der Waals surface area contributed by atoms with Crippen LogP contribution < -0.4 is 15.6 Å². The van der Waals surface area contributed by atoms with Crippen LogP contribution in [0.3, 0.4) is 0 Å². The normalized spacial score (nSPS) is 10.5. The van der Waals surface area contributed by atoms with Crippen LogP contribution in [0, 0.1) is 0 Å². The summed E-state index contributed by atoms with van der Waals surface area (Å²) in [5.74, 6) is -0.212. The van der Waals surface area contributed by atoms with Gasteiger partial charge in [-0.25, -0.2) is 0 Å². The molecule has 0 aliphatic rings. The minimum atomic E-state index is -0.476. The lowest BCUT2D eigenvalue weighted by Crippen LogP contribution is -2.41. The number of hydrogen-bond donors (Lipinski definition) is 2. The molecule has 2 amide bonds. The third kappa shape index (κ3) is 3.78. The molecule has 0 saturated carbocycles. The van der Waals surface area contributed by atoms with E-state index in [0.717, 1.165) is 14.6 Å². The lowest BCUT2D eigenvalue weighted by Gasteiger charge is -2.06. The van der Waals surface area contributed by atoms with Crippen molar-refractivity contribution in [3.05, 3.63) is 62.4 Å². The number of rotatable bonds is 3. The molecule has 3 rings (SSSR count). The molecule has 2 aromatic carbocycles. The molecule has 5 nitrogen and oxygen atoms in total. The largest absolute Gasteiger partial charge is 0.497 e. The number of methoxy groups -OCH3 is 1. The molecule has 0 unspecified atom stereocenters. The van der Waals surface area contributed by atoms with Crippen molar-refractivity contribution in [2.45, 2.75) is 0 Å². The molecule has 0 fully saturated rings. The predicted molar refractivity (Wildman–Crippen MR) is 102 cm³/mol. The van der Waals surface area contributed by atoms with Crippen LogP contribution in [-0.4, -0.2) is 18.9 Å². The van der Waals surface area contributed by atoms with Crippen molar-refractivity contribution in [2.24, 2.45) is 0 Å². The van der Waals surface area contributed by atoms with Gasteiger partial charge in [-0.15, -0.1) is 11.3 Å². The average Bonchev–Trinajstić information content (AvgIpc) is 2.96. The summed E-state index contributed by atoms with van der Waals surface area (Å²) in [5.41, 5.74) is 5.19. The van der Waals surface area contributed by atoms with Gasteiger partial charge in [0.15, 0.2) is 0 Å². The summed E-state index contributed by atoms with van der Waals surface area (Å²) in [7, 11) is 1.57. The first kappa shape index (κ1) is 17.7. The maximum Gasteiger partial charge on any atom is 0.281 e. The Bertz CT molecular complexity index is 956. The Kier molecular flexibility index (Phi) is 5.27. The number of carbonyl (C=O) groups excluding carboxylic acids is 2. The zero-order valence-corrected chi connectivity index (χ0v) is 16.1. The second-order valence-corrected chi connectivity index (χ2v) is 7.37. The van der Waals surface area contributed by atoms with Gasteiger partial charge in [0.25, 0.3) is 11.8 Å². The van der Waals surface area contributed by atoms with Crippen molar-refractivity contribution in [2.75, 3.05) is 7.11 Å². The van der Waals surface area contributed by atoms with Crippen molar-refractivity contribution >= 4 is 60.8 Å². The Morgan fingerprint density at radius 2 is 1.76 bits per heavy atom. The average molecular weight is 440 g/mol. The molecule has 1 heterocycles. The number of halogens is 2. The lowest BCUT2D eigenvalue weighted by atomic mass is 10.2. The number of nitrogens with one attached hydrogen (secondary N) is 2. The highest BCUT2D eigenvalue weighted by Crippen LogP contribution is 2.37. The number of hydrogen-bond acceptors (Lipinski definition) is 4. The zero-order valence-electron chi connectivity index (χ0n) is 12.9. The summed E-state index contributed by atoms with van der Waals surface area (Å²) in [6.07, 6.45) is 0. The van der Waals surface area contributed by atoms with Gasteiger partial charge in [0.1, 0.15) is 10.6 Å². The fourth-order valence-electron chi connectivity index (χ4n) is 2.16. The second-order valence-electron chi connectivity index (χ2n) is 5.02. The topological polar surface area (TPSA) is 67.4 Å². The monoisotopic (exact) mass is 438 g/mol. The van der Waals surface area contributed by atoms with Gasteiger partial charge in [0.2, 0.25) is 0 Å². The molecule has 3 aromatic rings. The van der Waals surface area contributed by atoms with Crippen molar-refractivity contribution in [1.29, 1.82) is 0 Å². The number of ether oxygens (including phenoxy) is 1. The highest BCUT2D eigenvalue weighted by Gasteiger charge is 2.18. The lowest BCUT2D eigenvalue weighted by molar-refractivity contribution is 0.0849. The van der Waals surface area contributed by atoms with E-state index in [9.17, 15) is 9.59 Å². The van der Waals surface area contributed by atoms with E-state index in [1.54, 1.807) is 43.5 Å². The molecule has 0 atom stereocenters. The summed E-state index contributed by atoms with van der Waals surface area (Å²) >= 11 is 10.8. The predicted octanol–water partition coefficient (Wildman–Crippen LogP) is 4.40. The van der Waals surface area contributed by atoms with Crippen LogP contribution in [0.1, 0.15) is 20.0 Å². The third-order valence-corrected chi connectivity index (χ3v) is 5.62. The first-order valence-electron chi connectivity index (χ1n) is 7.12. The van der Waals surface area contributed by atoms with Crippen LogP contribution >= 0.6 is 38.9 Å². The van der Waals surface area contributed by atoms with Gasteiger partial charge in [-0.1, -0.05) is 27.5 Å². The Morgan fingerprint density at radius 3 is 2.44 bits per heavy atom. The molecule has 128 valence electrons. The van der Waals surface area contributed by atoms with Gasteiger partial charge >= 0.3 is 0 Å². The number of thiophene rings is 1.